The molecule has 8 atom stereocenters. The largest absolute Gasteiger partial charge is 0.393 e. The quantitative estimate of drug-likeness (QED) is 0.654. The molecule has 4 aliphatic carbocycles. The van der Waals surface area contributed by atoms with Crippen LogP contribution in [0.15, 0.2) is 11.6 Å². The van der Waals surface area contributed by atoms with Crippen LogP contribution >= 0.6 is 0 Å². The van der Waals surface area contributed by atoms with Crippen LogP contribution in [-0.2, 0) is 0 Å². The Bertz CT molecular complexity index is 512. The maximum absolute atomic E-state index is 11.1. The summed E-state index contributed by atoms with van der Waals surface area (Å²) in [5.74, 6) is 2.80. The van der Waals surface area contributed by atoms with Crippen molar-refractivity contribution in [1.82, 2.24) is 0 Å². The van der Waals surface area contributed by atoms with Gasteiger partial charge in [-0.1, -0.05) is 25.5 Å². The number of hydrogen-bond donors (Lipinski definition) is 2. The van der Waals surface area contributed by atoms with Gasteiger partial charge in [0.05, 0.1) is 12.2 Å². The molecule has 0 radical (unpaired) electrons. The van der Waals surface area contributed by atoms with Crippen LogP contribution in [-0.4, -0.2) is 22.4 Å². The molecule has 0 amide bonds. The maximum Gasteiger partial charge on any atom is 0.0636 e. The molecule has 0 aromatic heterocycles. The number of hydrogen-bond acceptors (Lipinski definition) is 2. The van der Waals surface area contributed by atoms with Gasteiger partial charge in [0.2, 0.25) is 0 Å². The first-order valence-corrected chi connectivity index (χ1v) is 9.93. The Hall–Kier alpha value is -0.340. The van der Waals surface area contributed by atoms with Crippen molar-refractivity contribution in [1.29, 1.82) is 0 Å². The Morgan fingerprint density at radius 1 is 1.00 bits per heavy atom. The maximum atomic E-state index is 11.1. The van der Waals surface area contributed by atoms with Gasteiger partial charge in [-0.3, -0.25) is 0 Å². The molecule has 4 rings (SSSR count). The SMILES string of the molecule is CC=C1CCC2C3CC[C@@H]4C[C@H](O)CC[C@]4(C)C3C[C@H](O)[C@]12C. The number of allylic oxidation sites excluding steroid dienone is 1. The fraction of sp³-hybridized carbons (Fsp3) is 0.905. The predicted octanol–water partition coefficient (Wildman–Crippen LogP) is 4.31. The van der Waals surface area contributed by atoms with E-state index >= 15 is 0 Å². The minimum atomic E-state index is -0.176. The molecule has 0 aromatic carbocycles. The highest BCUT2D eigenvalue weighted by atomic mass is 16.3. The smallest absolute Gasteiger partial charge is 0.0636 e. The number of rotatable bonds is 0. The van der Waals surface area contributed by atoms with Crippen molar-refractivity contribution in [3.8, 4) is 0 Å². The third-order valence-electron chi connectivity index (χ3n) is 8.94. The van der Waals surface area contributed by atoms with Gasteiger partial charge in [-0.05, 0) is 87.4 Å². The molecule has 0 aliphatic heterocycles. The van der Waals surface area contributed by atoms with E-state index in [1.165, 1.54) is 31.3 Å². The highest BCUT2D eigenvalue weighted by Crippen LogP contribution is 2.67. The third-order valence-corrected chi connectivity index (χ3v) is 8.94. The van der Waals surface area contributed by atoms with E-state index in [2.05, 4.69) is 26.8 Å². The van der Waals surface area contributed by atoms with E-state index in [4.69, 9.17) is 0 Å². The van der Waals surface area contributed by atoms with Crippen LogP contribution in [0.5, 0.6) is 0 Å². The van der Waals surface area contributed by atoms with Crippen LogP contribution in [0.3, 0.4) is 0 Å². The molecular weight excluding hydrogens is 284 g/mol. The van der Waals surface area contributed by atoms with Gasteiger partial charge in [0, 0.05) is 5.41 Å². The number of aliphatic hydroxyl groups excluding tert-OH is 2. The molecule has 130 valence electrons. The fourth-order valence-electron chi connectivity index (χ4n) is 7.52. The van der Waals surface area contributed by atoms with Crippen LogP contribution in [0.25, 0.3) is 0 Å². The second kappa shape index (κ2) is 5.33. The highest BCUT2D eigenvalue weighted by molar-refractivity contribution is 5.26. The summed E-state index contributed by atoms with van der Waals surface area (Å²) in [6.45, 7) is 6.99. The Labute approximate surface area is 141 Å². The minimum Gasteiger partial charge on any atom is -0.393 e. The summed E-state index contributed by atoms with van der Waals surface area (Å²) in [7, 11) is 0. The molecule has 4 saturated carbocycles. The van der Waals surface area contributed by atoms with Crippen molar-refractivity contribution in [2.75, 3.05) is 0 Å². The Morgan fingerprint density at radius 2 is 1.78 bits per heavy atom. The molecule has 0 heterocycles. The summed E-state index contributed by atoms with van der Waals surface area (Å²) in [5.41, 5.74) is 1.90. The molecule has 23 heavy (non-hydrogen) atoms. The first-order chi connectivity index (χ1) is 10.9. The van der Waals surface area contributed by atoms with Crippen LogP contribution in [0.4, 0.5) is 0 Å². The molecule has 4 fully saturated rings. The zero-order valence-corrected chi connectivity index (χ0v) is 15.1. The Balaban J connectivity index is 1.68. The van der Waals surface area contributed by atoms with Crippen molar-refractivity contribution in [3.63, 3.8) is 0 Å². The summed E-state index contributed by atoms with van der Waals surface area (Å²) in [6.07, 6.45) is 11.2. The zero-order chi connectivity index (χ0) is 16.4. The Kier molecular flexibility index (Phi) is 3.74. The fourth-order valence-corrected chi connectivity index (χ4v) is 7.52. The lowest BCUT2D eigenvalue weighted by molar-refractivity contribution is -0.153. The molecule has 4 aliphatic rings. The topological polar surface area (TPSA) is 40.5 Å². The minimum absolute atomic E-state index is 0.0350. The first kappa shape index (κ1) is 16.1. The van der Waals surface area contributed by atoms with Crippen molar-refractivity contribution in [2.45, 2.75) is 84.3 Å². The van der Waals surface area contributed by atoms with E-state index in [1.54, 1.807) is 0 Å². The van der Waals surface area contributed by atoms with Gasteiger partial charge in [0.25, 0.3) is 0 Å². The molecule has 0 aromatic rings. The van der Waals surface area contributed by atoms with E-state index in [1.807, 2.05) is 0 Å². The van der Waals surface area contributed by atoms with E-state index in [-0.39, 0.29) is 17.6 Å². The van der Waals surface area contributed by atoms with Crippen molar-refractivity contribution >= 4 is 0 Å². The number of aliphatic hydroxyl groups is 2. The second-order valence-electron chi connectivity index (χ2n) is 9.47. The molecule has 3 unspecified atom stereocenters. The first-order valence-electron chi connectivity index (χ1n) is 9.93. The van der Waals surface area contributed by atoms with Crippen molar-refractivity contribution in [2.24, 2.45) is 34.5 Å². The van der Waals surface area contributed by atoms with Crippen LogP contribution in [0.2, 0.25) is 0 Å². The normalized spacial score (nSPS) is 57.7. The van der Waals surface area contributed by atoms with Crippen molar-refractivity contribution < 1.29 is 10.2 Å². The molecule has 0 spiro atoms. The standard InChI is InChI=1S/C21H34O2/c1-4-13-6-8-17-16-7-5-14-11-15(22)9-10-20(14,2)18(16)12-19(23)21(13,17)3/h4,14-19,22-23H,5-12H2,1-3H3/t14-,15-,16?,17?,18?,19+,20+,21-/m1/s1. The summed E-state index contributed by atoms with van der Waals surface area (Å²) in [6, 6.07) is 0. The summed E-state index contributed by atoms with van der Waals surface area (Å²) < 4.78 is 0. The van der Waals surface area contributed by atoms with Gasteiger partial charge < -0.3 is 10.2 Å². The third kappa shape index (κ3) is 2.07. The lowest BCUT2D eigenvalue weighted by Gasteiger charge is -2.61. The van der Waals surface area contributed by atoms with Gasteiger partial charge in [0.1, 0.15) is 0 Å². The van der Waals surface area contributed by atoms with E-state index in [0.29, 0.717) is 23.2 Å². The van der Waals surface area contributed by atoms with E-state index in [9.17, 15) is 10.2 Å². The summed E-state index contributed by atoms with van der Waals surface area (Å²) in [5, 5.41) is 21.3. The molecule has 0 bridgehead atoms. The number of fused-ring (bicyclic) bond motifs is 5. The van der Waals surface area contributed by atoms with Gasteiger partial charge in [-0.2, -0.15) is 0 Å². The van der Waals surface area contributed by atoms with Crippen LogP contribution in [0.1, 0.15) is 72.1 Å². The summed E-state index contributed by atoms with van der Waals surface area (Å²) in [4.78, 5) is 0. The van der Waals surface area contributed by atoms with E-state index < -0.39 is 0 Å². The zero-order valence-electron chi connectivity index (χ0n) is 15.1. The molecule has 0 saturated heterocycles. The van der Waals surface area contributed by atoms with Crippen LogP contribution in [0, 0.1) is 34.5 Å². The monoisotopic (exact) mass is 318 g/mol. The molecular formula is C21H34O2. The van der Waals surface area contributed by atoms with Crippen molar-refractivity contribution in [3.05, 3.63) is 11.6 Å². The van der Waals surface area contributed by atoms with Gasteiger partial charge >= 0.3 is 0 Å². The van der Waals surface area contributed by atoms with Gasteiger partial charge in [-0.15, -0.1) is 0 Å². The second-order valence-corrected chi connectivity index (χ2v) is 9.47. The molecule has 2 heteroatoms. The Morgan fingerprint density at radius 3 is 2.52 bits per heavy atom. The average Bonchev–Trinajstić information content (AvgIpc) is 2.87. The summed E-state index contributed by atoms with van der Waals surface area (Å²) >= 11 is 0. The molecule has 2 nitrogen and oxygen atoms in total. The van der Waals surface area contributed by atoms with Gasteiger partial charge in [0.15, 0.2) is 0 Å². The molecule has 2 N–H and O–H groups in total. The lowest BCUT2D eigenvalue weighted by atomic mass is 9.44. The average molecular weight is 319 g/mol. The van der Waals surface area contributed by atoms with E-state index in [0.717, 1.165) is 31.6 Å². The van der Waals surface area contributed by atoms with Gasteiger partial charge in [-0.25, -0.2) is 0 Å². The van der Waals surface area contributed by atoms with Crippen LogP contribution < -0.4 is 0 Å². The predicted molar refractivity (Wildman–Crippen MR) is 92.9 cm³/mol. The lowest BCUT2D eigenvalue weighted by Crippen LogP contribution is -2.57. The highest BCUT2D eigenvalue weighted by Gasteiger charge is 2.61.